The Hall–Kier alpha value is -3.59. The van der Waals surface area contributed by atoms with Gasteiger partial charge in [-0.2, -0.15) is 13.0 Å². The number of primary sulfonamides is 1. The summed E-state index contributed by atoms with van der Waals surface area (Å²) in [4.78, 5) is 12.7. The Morgan fingerprint density at radius 2 is 1.49 bits per heavy atom. The number of carbonyl (C=O) groups is 1. The second-order valence-corrected chi connectivity index (χ2v) is 14.3. The monoisotopic (exact) mass is 700 g/mol. The van der Waals surface area contributed by atoms with Crippen LogP contribution in [0.1, 0.15) is 25.2 Å². The minimum atomic E-state index is -4.94. The van der Waals surface area contributed by atoms with Gasteiger partial charge in [-0.1, -0.05) is 55.5 Å². The largest absolute Gasteiger partial charge is 0.321 e. The third kappa shape index (κ3) is 10.5. The van der Waals surface area contributed by atoms with Gasteiger partial charge in [-0.3, -0.25) is 4.79 Å². The topological polar surface area (TPSA) is 250 Å². The van der Waals surface area contributed by atoms with Crippen LogP contribution in [0, 0.1) is 10.2 Å². The summed E-state index contributed by atoms with van der Waals surface area (Å²) >= 11 is 0.540. The Balaban J connectivity index is 0.00000102. The normalized spacial score (nSPS) is 12.4. The average molecular weight is 701 g/mol. The highest BCUT2D eigenvalue weighted by atomic mass is 35.7. The first-order valence-electron chi connectivity index (χ1n) is 12.9. The lowest BCUT2D eigenvalue weighted by Gasteiger charge is -2.17. The van der Waals surface area contributed by atoms with Crippen LogP contribution in [0.15, 0.2) is 80.4 Å². The Morgan fingerprint density at radius 3 is 1.96 bits per heavy atom. The third-order valence-corrected chi connectivity index (χ3v) is 9.74. The number of carbonyl (C=O) groups excluding carboxylic acids is 1. The van der Waals surface area contributed by atoms with Crippen molar-refractivity contribution in [1.82, 2.24) is 9.78 Å². The van der Waals surface area contributed by atoms with Crippen molar-refractivity contribution in [3.8, 4) is 11.1 Å². The minimum Gasteiger partial charge on any atom is -0.321 e. The molecule has 2 heterocycles. The molecule has 0 atom stereocenters. The first-order valence-corrected chi connectivity index (χ1v) is 18.0. The van der Waals surface area contributed by atoms with Gasteiger partial charge in [-0.25, -0.2) is 36.9 Å². The molecule has 0 saturated carbocycles. The maximum Gasteiger partial charge on any atom is 0.290 e. The molecule has 0 unspecified atom stereocenters. The van der Waals surface area contributed by atoms with E-state index in [2.05, 4.69) is 39.1 Å². The molecule has 0 radical (unpaired) electrons. The Labute approximate surface area is 265 Å². The third-order valence-electron chi connectivity index (χ3n) is 6.04. The van der Waals surface area contributed by atoms with E-state index in [1.165, 1.54) is 31.3 Å². The summed E-state index contributed by atoms with van der Waals surface area (Å²) in [7, 11) is -11.9. The summed E-state index contributed by atoms with van der Waals surface area (Å²) in [5, 5.41) is 11.6. The summed E-state index contributed by atoms with van der Waals surface area (Å²) in [5.41, 5.74) is 4.68. The van der Waals surface area contributed by atoms with Gasteiger partial charge in [0.2, 0.25) is 15.7 Å². The van der Waals surface area contributed by atoms with E-state index in [0.717, 1.165) is 40.0 Å². The lowest BCUT2D eigenvalue weighted by Crippen LogP contribution is -2.68. The fourth-order valence-electron chi connectivity index (χ4n) is 4.06. The molecular weight excluding hydrogens is 672 g/mol. The molecule has 19 heteroatoms. The summed E-state index contributed by atoms with van der Waals surface area (Å²) < 4.78 is 88.8. The van der Waals surface area contributed by atoms with Crippen LogP contribution in [-0.2, 0) is 51.3 Å². The molecule has 0 aliphatic rings. The summed E-state index contributed by atoms with van der Waals surface area (Å²) in [6.07, 6.45) is 1.49. The number of amides is 1. The SMILES string of the molecule is CCc1cc(-c2ccccc2)cc(CC)[n+]1CC(=O)Nc1ccc(S(=O)(=O)/N=c2/sc(S(N)(=O)=O)nn2C)cc1.[O-][Cl+3]([O-])([O-])[O-]. The van der Waals surface area contributed by atoms with Crippen molar-refractivity contribution >= 4 is 43.0 Å². The van der Waals surface area contributed by atoms with Gasteiger partial charge < -0.3 is 5.32 Å². The van der Waals surface area contributed by atoms with Gasteiger partial charge in [0.15, 0.2) is 11.4 Å². The van der Waals surface area contributed by atoms with E-state index in [4.69, 9.17) is 23.8 Å². The zero-order valence-corrected chi connectivity index (χ0v) is 27.3. The maximum atomic E-state index is 13.0. The van der Waals surface area contributed by atoms with Crippen molar-refractivity contribution in [3.63, 3.8) is 0 Å². The van der Waals surface area contributed by atoms with Crippen LogP contribution >= 0.6 is 11.3 Å². The second kappa shape index (κ2) is 14.7. The molecule has 4 rings (SSSR count). The van der Waals surface area contributed by atoms with Crippen LogP contribution in [-0.4, -0.2) is 32.5 Å². The first-order chi connectivity index (χ1) is 20.9. The Morgan fingerprint density at radius 1 is 0.956 bits per heavy atom. The number of aromatic nitrogens is 3. The quantitative estimate of drug-likeness (QED) is 0.172. The fraction of sp³-hybridized carbons (Fsp3) is 0.231. The molecule has 1 amide bonds. The molecule has 45 heavy (non-hydrogen) atoms. The van der Waals surface area contributed by atoms with E-state index in [-0.39, 0.29) is 22.1 Å². The van der Waals surface area contributed by atoms with E-state index >= 15 is 0 Å². The number of sulfonamides is 2. The molecule has 0 bridgehead atoms. The van der Waals surface area contributed by atoms with Crippen LogP contribution in [0.5, 0.6) is 0 Å². The van der Waals surface area contributed by atoms with Gasteiger partial charge in [0.25, 0.3) is 26.0 Å². The number of aryl methyl sites for hydroxylation is 3. The van der Waals surface area contributed by atoms with Gasteiger partial charge in [0, 0.05) is 37.7 Å². The van der Waals surface area contributed by atoms with E-state index in [1.807, 2.05) is 36.6 Å². The molecule has 3 N–H and O–H groups in total. The van der Waals surface area contributed by atoms with Crippen molar-refractivity contribution in [2.45, 2.75) is 42.5 Å². The second-order valence-electron chi connectivity index (χ2n) is 9.22. The number of halogens is 1. The van der Waals surface area contributed by atoms with Crippen molar-refractivity contribution in [2.24, 2.45) is 16.6 Å². The molecule has 0 spiro atoms. The number of anilines is 1. The van der Waals surface area contributed by atoms with Crippen LogP contribution in [0.4, 0.5) is 5.69 Å². The maximum absolute atomic E-state index is 13.0. The standard InChI is InChI=1S/C26H28N6O5S3.ClHO4/c1-4-21-15-19(18-9-7-6-8-10-18)16-22(5-2)32(21)17-24(33)28-20-11-13-23(14-12-20)40(36,37)30-25-31(3)29-26(38-25)39(27,34)35;2-1(3,4)5/h6-16H,4-5,17H2,1-3H3,(H2-,27,28,33,34,35);(H,2,3,4,5)/b30-25+;. The molecule has 15 nitrogen and oxygen atoms in total. The lowest BCUT2D eigenvalue weighted by molar-refractivity contribution is -2.00. The van der Waals surface area contributed by atoms with Gasteiger partial charge in [-0.15, -0.1) is 19.7 Å². The Bertz CT molecular complexity index is 1910. The van der Waals surface area contributed by atoms with Gasteiger partial charge in [0.05, 0.1) is 4.90 Å². The lowest BCUT2D eigenvalue weighted by atomic mass is 10.0. The molecule has 4 aromatic rings. The molecule has 0 aliphatic carbocycles. The molecule has 0 fully saturated rings. The van der Waals surface area contributed by atoms with Crippen molar-refractivity contribution in [3.05, 3.63) is 82.9 Å². The van der Waals surface area contributed by atoms with Crippen molar-refractivity contribution < 1.29 is 55.1 Å². The molecule has 242 valence electrons. The predicted molar refractivity (Wildman–Crippen MR) is 151 cm³/mol. The summed E-state index contributed by atoms with van der Waals surface area (Å²) in [6.45, 7) is 4.19. The van der Waals surface area contributed by atoms with Crippen LogP contribution in [0.2, 0.25) is 0 Å². The number of nitrogens with zero attached hydrogens (tertiary/aromatic N) is 4. The summed E-state index contributed by atoms with van der Waals surface area (Å²) in [6, 6.07) is 19.8. The molecule has 0 aliphatic heterocycles. The highest BCUT2D eigenvalue weighted by Crippen LogP contribution is 2.21. The van der Waals surface area contributed by atoms with Gasteiger partial charge in [-0.05, 0) is 35.4 Å². The number of nitrogens with one attached hydrogen (secondary N) is 1. The summed E-state index contributed by atoms with van der Waals surface area (Å²) in [5.74, 6) is -0.255. The molecule has 2 aromatic heterocycles. The number of hydrogen-bond acceptors (Lipinski definition) is 11. The van der Waals surface area contributed by atoms with E-state index < -0.39 is 34.6 Å². The Kier molecular flexibility index (Phi) is 11.7. The van der Waals surface area contributed by atoms with Gasteiger partial charge >= 0.3 is 0 Å². The number of nitrogens with two attached hydrogens (primary N) is 1. The number of pyridine rings is 1. The minimum absolute atomic E-state index is 0.102. The average Bonchev–Trinajstić information content (AvgIpc) is 3.32. The van der Waals surface area contributed by atoms with E-state index in [9.17, 15) is 21.6 Å². The zero-order chi connectivity index (χ0) is 33.6. The van der Waals surface area contributed by atoms with Crippen LogP contribution < -0.4 is 38.5 Å². The molecule has 0 saturated heterocycles. The van der Waals surface area contributed by atoms with Crippen LogP contribution in [0.25, 0.3) is 11.1 Å². The van der Waals surface area contributed by atoms with E-state index in [0.29, 0.717) is 17.0 Å². The number of rotatable bonds is 9. The first kappa shape index (κ1) is 35.9. The highest BCUT2D eigenvalue weighted by molar-refractivity contribution is 7.91. The fourth-order valence-corrected chi connectivity index (χ4v) is 6.83. The van der Waals surface area contributed by atoms with Crippen molar-refractivity contribution in [1.29, 1.82) is 0 Å². The number of hydrogen-bond donors (Lipinski definition) is 2. The smallest absolute Gasteiger partial charge is 0.290 e. The van der Waals surface area contributed by atoms with Crippen LogP contribution in [0.3, 0.4) is 0 Å². The molecular formula is C26H29ClN6O9S3. The molecule has 2 aromatic carbocycles. The zero-order valence-electron chi connectivity index (χ0n) is 24.1. The highest BCUT2D eigenvalue weighted by Gasteiger charge is 2.22. The predicted octanol–water partition coefficient (Wildman–Crippen LogP) is -2.62. The number of benzene rings is 2. The van der Waals surface area contributed by atoms with Gasteiger partial charge in [0.1, 0.15) is 0 Å². The van der Waals surface area contributed by atoms with E-state index in [1.54, 1.807) is 0 Å². The van der Waals surface area contributed by atoms with Crippen molar-refractivity contribution in [2.75, 3.05) is 5.32 Å².